The third-order valence-electron chi connectivity index (χ3n) is 5.61. The zero-order valence-corrected chi connectivity index (χ0v) is 16.2. The van der Waals surface area contributed by atoms with Crippen LogP contribution in [0.15, 0.2) is 18.5 Å². The lowest BCUT2D eigenvalue weighted by molar-refractivity contribution is -0.104. The zero-order chi connectivity index (χ0) is 20.0. The summed E-state index contributed by atoms with van der Waals surface area (Å²) in [6.07, 6.45) is 5.70. The van der Waals surface area contributed by atoms with Gasteiger partial charge in [-0.05, 0) is 17.7 Å². The van der Waals surface area contributed by atoms with E-state index in [1.807, 2.05) is 12.1 Å². The van der Waals surface area contributed by atoms with Gasteiger partial charge < -0.3 is 19.3 Å². The highest BCUT2D eigenvalue weighted by atomic mass is 19.1. The molecule has 2 saturated heterocycles. The summed E-state index contributed by atoms with van der Waals surface area (Å²) in [5, 5.41) is 3.81. The topological polar surface area (TPSA) is 72.7 Å². The van der Waals surface area contributed by atoms with Gasteiger partial charge in [-0.15, -0.1) is 5.10 Å². The van der Waals surface area contributed by atoms with Gasteiger partial charge in [0.05, 0.1) is 24.5 Å². The maximum atomic E-state index is 14.1. The van der Waals surface area contributed by atoms with Gasteiger partial charge in [0.1, 0.15) is 0 Å². The van der Waals surface area contributed by atoms with Gasteiger partial charge in [-0.25, -0.2) is 4.79 Å². The van der Waals surface area contributed by atoms with E-state index in [2.05, 4.69) is 15.0 Å². The Bertz CT molecular complexity index is 976. The number of pyridine rings is 1. The molecule has 2 aromatic rings. The highest BCUT2D eigenvalue weighted by Crippen LogP contribution is 2.36. The van der Waals surface area contributed by atoms with E-state index in [0.717, 1.165) is 22.5 Å². The van der Waals surface area contributed by atoms with Crippen LogP contribution in [0.3, 0.4) is 0 Å². The van der Waals surface area contributed by atoms with Gasteiger partial charge >= 0.3 is 6.09 Å². The van der Waals surface area contributed by atoms with Gasteiger partial charge in [0.2, 0.25) is 5.95 Å². The average Bonchev–Trinajstić information content (AvgIpc) is 3.26. The maximum Gasteiger partial charge on any atom is 0.410 e. The summed E-state index contributed by atoms with van der Waals surface area (Å²) >= 11 is 0. The Balaban J connectivity index is 1.30. The van der Waals surface area contributed by atoms with Crippen molar-refractivity contribution in [3.05, 3.63) is 41.2 Å². The fourth-order valence-electron chi connectivity index (χ4n) is 3.96. The van der Waals surface area contributed by atoms with Crippen molar-refractivity contribution in [3.63, 3.8) is 0 Å². The van der Waals surface area contributed by atoms with E-state index < -0.39 is 5.95 Å². The lowest BCUT2D eigenvalue weighted by Gasteiger charge is -2.37. The number of amides is 1. The molecule has 3 aliphatic rings. The van der Waals surface area contributed by atoms with E-state index in [1.54, 1.807) is 24.3 Å². The van der Waals surface area contributed by atoms with E-state index in [4.69, 9.17) is 9.47 Å². The Morgan fingerprint density at radius 2 is 2.07 bits per heavy atom. The Morgan fingerprint density at radius 1 is 1.28 bits per heavy atom. The number of allylic oxidation sites excluding steroid dienone is 1. The van der Waals surface area contributed by atoms with Crippen molar-refractivity contribution >= 4 is 23.4 Å². The number of ether oxygens (including phenoxy) is 2. The lowest BCUT2D eigenvalue weighted by atomic mass is 10.1. The molecule has 2 aromatic heterocycles. The number of piperazine rings is 1. The predicted molar refractivity (Wildman–Crippen MR) is 104 cm³/mol. The SMILES string of the molecule is Cn1cc(C2=Cc3c(N4CCN(C(=O)OC5COC5)CC4)ccnc3C2)c(F)n1. The number of hydrogen-bond donors (Lipinski definition) is 0. The van der Waals surface area contributed by atoms with E-state index in [1.165, 1.54) is 4.68 Å². The van der Waals surface area contributed by atoms with Crippen molar-refractivity contribution in [1.29, 1.82) is 0 Å². The first kappa shape index (κ1) is 18.1. The highest BCUT2D eigenvalue weighted by molar-refractivity contribution is 5.91. The van der Waals surface area contributed by atoms with Crippen LogP contribution in [-0.2, 0) is 22.9 Å². The summed E-state index contributed by atoms with van der Waals surface area (Å²) < 4.78 is 26.0. The molecule has 4 heterocycles. The molecule has 8 nitrogen and oxygen atoms in total. The van der Waals surface area contributed by atoms with Gasteiger partial charge in [-0.3, -0.25) is 9.67 Å². The molecule has 29 heavy (non-hydrogen) atoms. The van der Waals surface area contributed by atoms with Crippen molar-refractivity contribution in [3.8, 4) is 0 Å². The van der Waals surface area contributed by atoms with Gasteiger partial charge in [-0.1, -0.05) is 0 Å². The second kappa shape index (κ2) is 7.14. The predicted octanol–water partition coefficient (Wildman–Crippen LogP) is 1.71. The minimum absolute atomic E-state index is 0.111. The lowest BCUT2D eigenvalue weighted by Crippen LogP contribution is -2.51. The number of rotatable bonds is 3. The summed E-state index contributed by atoms with van der Waals surface area (Å²) in [6, 6.07) is 1.98. The quantitative estimate of drug-likeness (QED) is 0.783. The second-order valence-electron chi connectivity index (χ2n) is 7.56. The first-order chi connectivity index (χ1) is 14.1. The number of halogens is 1. The largest absolute Gasteiger partial charge is 0.441 e. The van der Waals surface area contributed by atoms with Crippen molar-refractivity contribution in [2.45, 2.75) is 12.5 Å². The van der Waals surface area contributed by atoms with Crippen molar-refractivity contribution in [2.24, 2.45) is 7.05 Å². The Hall–Kier alpha value is -2.94. The second-order valence-corrected chi connectivity index (χ2v) is 7.56. The minimum Gasteiger partial charge on any atom is -0.441 e. The monoisotopic (exact) mass is 399 g/mol. The molecule has 0 atom stereocenters. The fourth-order valence-corrected chi connectivity index (χ4v) is 3.96. The van der Waals surface area contributed by atoms with Gasteiger partial charge in [-0.2, -0.15) is 4.39 Å². The van der Waals surface area contributed by atoms with E-state index in [9.17, 15) is 9.18 Å². The highest BCUT2D eigenvalue weighted by Gasteiger charge is 2.30. The molecule has 0 spiro atoms. The molecule has 0 aromatic carbocycles. The number of aromatic nitrogens is 3. The maximum absolute atomic E-state index is 14.1. The van der Waals surface area contributed by atoms with E-state index in [0.29, 0.717) is 51.4 Å². The van der Waals surface area contributed by atoms with Gasteiger partial charge in [0, 0.05) is 63.3 Å². The molecule has 0 saturated carbocycles. The van der Waals surface area contributed by atoms with Crippen molar-refractivity contribution in [2.75, 3.05) is 44.3 Å². The minimum atomic E-state index is -0.461. The first-order valence-corrected chi connectivity index (χ1v) is 9.74. The zero-order valence-electron chi connectivity index (χ0n) is 16.2. The Kier molecular flexibility index (Phi) is 4.46. The molecule has 0 N–H and O–H groups in total. The fraction of sp³-hybridized carbons (Fsp3) is 0.450. The molecule has 0 unspecified atom stereocenters. The summed E-state index contributed by atoms with van der Waals surface area (Å²) in [6.45, 7) is 3.57. The molecule has 9 heteroatoms. The molecule has 152 valence electrons. The molecule has 2 fully saturated rings. The molecule has 5 rings (SSSR count). The average molecular weight is 399 g/mol. The summed E-state index contributed by atoms with van der Waals surface area (Å²) in [5.41, 5.74) is 4.43. The molecule has 0 bridgehead atoms. The molecule has 0 radical (unpaired) electrons. The number of nitrogens with zero attached hydrogens (tertiary/aromatic N) is 5. The van der Waals surface area contributed by atoms with Gasteiger partial charge in [0.25, 0.3) is 0 Å². The molecular weight excluding hydrogens is 377 g/mol. The number of carbonyl (C=O) groups is 1. The number of carbonyl (C=O) groups excluding carboxylic acids is 1. The third kappa shape index (κ3) is 3.35. The van der Waals surface area contributed by atoms with E-state index >= 15 is 0 Å². The molecular formula is C20H22FN5O3. The summed E-state index contributed by atoms with van der Waals surface area (Å²) in [5.74, 6) is -0.461. The third-order valence-corrected chi connectivity index (χ3v) is 5.61. The van der Waals surface area contributed by atoms with Crippen molar-refractivity contribution in [1.82, 2.24) is 19.7 Å². The summed E-state index contributed by atoms with van der Waals surface area (Å²) in [7, 11) is 1.71. The van der Waals surface area contributed by atoms with Crippen LogP contribution in [0.4, 0.5) is 14.9 Å². The number of aryl methyl sites for hydroxylation is 1. The van der Waals surface area contributed by atoms with Crippen LogP contribution in [0.2, 0.25) is 0 Å². The molecule has 1 aliphatic carbocycles. The number of hydrogen-bond acceptors (Lipinski definition) is 6. The number of anilines is 1. The Morgan fingerprint density at radius 3 is 2.72 bits per heavy atom. The van der Waals surface area contributed by atoms with Crippen LogP contribution < -0.4 is 4.90 Å². The first-order valence-electron chi connectivity index (χ1n) is 9.74. The van der Waals surface area contributed by atoms with Crippen LogP contribution >= 0.6 is 0 Å². The van der Waals surface area contributed by atoms with Crippen LogP contribution in [0.1, 0.15) is 16.8 Å². The standard InChI is InChI=1S/C20H22FN5O3/c1-24-10-16(19(21)23-24)13-8-15-17(9-13)22-3-2-18(15)25-4-6-26(7-5-25)20(27)29-14-11-28-12-14/h2-3,8,10,14H,4-7,9,11-12H2,1H3. The van der Waals surface area contributed by atoms with Crippen molar-refractivity contribution < 1.29 is 18.7 Å². The Labute approximate surface area is 167 Å². The molecule has 2 aliphatic heterocycles. The van der Waals surface area contributed by atoms with Crippen LogP contribution in [0, 0.1) is 5.95 Å². The van der Waals surface area contributed by atoms with Crippen LogP contribution in [0.25, 0.3) is 11.6 Å². The summed E-state index contributed by atoms with van der Waals surface area (Å²) in [4.78, 5) is 20.7. The van der Waals surface area contributed by atoms with Gasteiger partial charge in [0.15, 0.2) is 6.10 Å². The van der Waals surface area contributed by atoms with Crippen LogP contribution in [-0.4, -0.2) is 71.3 Å². The smallest absolute Gasteiger partial charge is 0.410 e. The molecule has 1 amide bonds. The van der Waals surface area contributed by atoms with E-state index in [-0.39, 0.29) is 12.2 Å². The van der Waals surface area contributed by atoms with Crippen LogP contribution in [0.5, 0.6) is 0 Å². The number of fused-ring (bicyclic) bond motifs is 1. The normalized spacial score (nSPS) is 19.0.